The summed E-state index contributed by atoms with van der Waals surface area (Å²) < 4.78 is 5.14. The normalized spacial score (nSPS) is 11.6. The summed E-state index contributed by atoms with van der Waals surface area (Å²) in [6.45, 7) is -0.334. The lowest BCUT2D eigenvalue weighted by atomic mass is 10.0. The maximum absolute atomic E-state index is 12.5. The number of halogens is 2. The first-order valence-electron chi connectivity index (χ1n) is 8.39. The summed E-state index contributed by atoms with van der Waals surface area (Å²) >= 11 is 11.7. The first-order valence-corrected chi connectivity index (χ1v) is 9.15. The summed E-state index contributed by atoms with van der Waals surface area (Å²) in [7, 11) is 0. The molecule has 134 valence electrons. The van der Waals surface area contributed by atoms with Crippen molar-refractivity contribution in [1.29, 1.82) is 0 Å². The van der Waals surface area contributed by atoms with Crippen LogP contribution in [0.4, 0.5) is 0 Å². The summed E-state index contributed by atoms with van der Waals surface area (Å²) in [5.74, 6) is -0.871. The third kappa shape index (κ3) is 3.48. The molecule has 1 aliphatic rings. The Hall–Kier alpha value is -2.62. The number of esters is 1. The molecule has 1 aliphatic carbocycles. The predicted octanol–water partition coefficient (Wildman–Crippen LogP) is 5.60. The number of rotatable bonds is 4. The molecule has 3 aromatic rings. The zero-order valence-corrected chi connectivity index (χ0v) is 15.7. The zero-order valence-electron chi connectivity index (χ0n) is 14.2. The zero-order chi connectivity index (χ0) is 19.0. The Balaban J connectivity index is 1.48. The van der Waals surface area contributed by atoms with Crippen LogP contribution in [0.1, 0.15) is 31.8 Å². The third-order valence-electron chi connectivity index (χ3n) is 4.61. The SMILES string of the molecule is O=C(COC(=O)c1ccc(Cl)c(Cl)c1)c1ccc2c(c1)-c1ccccc1C2. The maximum Gasteiger partial charge on any atom is 0.338 e. The standard InChI is InChI=1S/C22H14Cl2O3/c23-19-8-7-16(11-20(19)24)22(26)27-12-21(25)15-6-5-14-9-13-3-1-2-4-17(13)18(14)10-15/h1-8,10-11H,9,12H2. The van der Waals surface area contributed by atoms with E-state index >= 15 is 0 Å². The van der Waals surface area contributed by atoms with E-state index in [1.165, 1.54) is 29.3 Å². The second-order valence-corrected chi connectivity index (χ2v) is 7.15. The van der Waals surface area contributed by atoms with Gasteiger partial charge in [-0.3, -0.25) is 4.79 Å². The molecule has 0 bridgehead atoms. The van der Waals surface area contributed by atoms with E-state index in [4.69, 9.17) is 27.9 Å². The molecule has 0 fully saturated rings. The van der Waals surface area contributed by atoms with Crippen LogP contribution < -0.4 is 0 Å². The summed E-state index contributed by atoms with van der Waals surface area (Å²) in [5.41, 5.74) is 5.43. The summed E-state index contributed by atoms with van der Waals surface area (Å²) in [6.07, 6.45) is 0.867. The van der Waals surface area contributed by atoms with Crippen molar-refractivity contribution in [3.05, 3.63) is 93.0 Å². The molecule has 0 spiro atoms. The quantitative estimate of drug-likeness (QED) is 0.332. The highest BCUT2D eigenvalue weighted by Crippen LogP contribution is 2.36. The van der Waals surface area contributed by atoms with Crippen molar-refractivity contribution in [1.82, 2.24) is 0 Å². The van der Waals surface area contributed by atoms with Crippen LogP contribution in [-0.2, 0) is 11.2 Å². The second kappa shape index (κ2) is 7.18. The fraction of sp³-hybridized carbons (Fsp3) is 0.0909. The van der Waals surface area contributed by atoms with Gasteiger partial charge in [0.1, 0.15) is 0 Å². The second-order valence-electron chi connectivity index (χ2n) is 6.33. The summed E-state index contributed by atoms with van der Waals surface area (Å²) in [4.78, 5) is 24.6. The molecule has 0 atom stereocenters. The molecule has 0 saturated heterocycles. The minimum absolute atomic E-state index is 0.250. The van der Waals surface area contributed by atoms with E-state index in [-0.39, 0.29) is 23.0 Å². The highest BCUT2D eigenvalue weighted by Gasteiger charge is 2.20. The molecule has 0 amide bonds. The molecule has 0 unspecified atom stereocenters. The fourth-order valence-corrected chi connectivity index (χ4v) is 3.52. The van der Waals surface area contributed by atoms with E-state index in [0.29, 0.717) is 10.6 Å². The minimum Gasteiger partial charge on any atom is -0.454 e. The number of ether oxygens (including phenoxy) is 1. The molecule has 3 nitrogen and oxygen atoms in total. The molecule has 0 radical (unpaired) electrons. The Bertz CT molecular complexity index is 1070. The molecule has 0 saturated carbocycles. The van der Waals surface area contributed by atoms with Crippen LogP contribution in [0.2, 0.25) is 10.0 Å². The minimum atomic E-state index is -0.617. The largest absolute Gasteiger partial charge is 0.454 e. The number of ketones is 1. The van der Waals surface area contributed by atoms with E-state index in [2.05, 4.69) is 12.1 Å². The molecule has 0 N–H and O–H groups in total. The van der Waals surface area contributed by atoms with Crippen LogP contribution in [-0.4, -0.2) is 18.4 Å². The van der Waals surface area contributed by atoms with Crippen molar-refractivity contribution >= 4 is 35.0 Å². The van der Waals surface area contributed by atoms with Gasteiger partial charge in [0.15, 0.2) is 12.4 Å². The average Bonchev–Trinajstić information content (AvgIpc) is 3.05. The number of carbonyl (C=O) groups is 2. The summed E-state index contributed by atoms with van der Waals surface area (Å²) in [5, 5.41) is 0.609. The van der Waals surface area contributed by atoms with Crippen molar-refractivity contribution in [2.45, 2.75) is 6.42 Å². The Morgan fingerprint density at radius 2 is 1.56 bits per heavy atom. The fourth-order valence-electron chi connectivity index (χ4n) is 3.22. The molecular formula is C22H14Cl2O3. The Morgan fingerprint density at radius 3 is 2.37 bits per heavy atom. The average molecular weight is 397 g/mol. The predicted molar refractivity (Wildman–Crippen MR) is 106 cm³/mol. The Kier molecular flexibility index (Phi) is 4.73. The maximum atomic E-state index is 12.5. The Labute approximate surface area is 166 Å². The van der Waals surface area contributed by atoms with Crippen LogP contribution in [0.3, 0.4) is 0 Å². The van der Waals surface area contributed by atoms with Gasteiger partial charge in [0.05, 0.1) is 15.6 Å². The highest BCUT2D eigenvalue weighted by atomic mass is 35.5. The van der Waals surface area contributed by atoms with E-state index in [0.717, 1.165) is 17.5 Å². The van der Waals surface area contributed by atoms with Crippen LogP contribution in [0, 0.1) is 0 Å². The van der Waals surface area contributed by atoms with Crippen molar-refractivity contribution in [3.8, 4) is 11.1 Å². The van der Waals surface area contributed by atoms with Gasteiger partial charge < -0.3 is 4.74 Å². The van der Waals surface area contributed by atoms with Gasteiger partial charge in [-0.25, -0.2) is 4.79 Å². The van der Waals surface area contributed by atoms with E-state index in [9.17, 15) is 9.59 Å². The molecule has 5 heteroatoms. The topological polar surface area (TPSA) is 43.4 Å². The Morgan fingerprint density at radius 1 is 0.815 bits per heavy atom. The van der Waals surface area contributed by atoms with Crippen molar-refractivity contribution in [2.75, 3.05) is 6.61 Å². The van der Waals surface area contributed by atoms with Crippen LogP contribution in [0.15, 0.2) is 60.7 Å². The van der Waals surface area contributed by atoms with Gasteiger partial charge in [-0.05, 0) is 52.9 Å². The number of hydrogen-bond acceptors (Lipinski definition) is 3. The first-order chi connectivity index (χ1) is 13.0. The summed E-state index contributed by atoms with van der Waals surface area (Å²) in [6, 6.07) is 18.2. The molecule has 0 aliphatic heterocycles. The molecule has 0 aromatic heterocycles. The molecule has 4 rings (SSSR count). The van der Waals surface area contributed by atoms with Gasteiger partial charge in [0, 0.05) is 5.56 Å². The van der Waals surface area contributed by atoms with Gasteiger partial charge in [-0.1, -0.05) is 59.6 Å². The van der Waals surface area contributed by atoms with Crippen LogP contribution in [0.5, 0.6) is 0 Å². The van der Waals surface area contributed by atoms with Gasteiger partial charge >= 0.3 is 5.97 Å². The highest BCUT2D eigenvalue weighted by molar-refractivity contribution is 6.42. The van der Waals surface area contributed by atoms with Crippen molar-refractivity contribution in [3.63, 3.8) is 0 Å². The van der Waals surface area contributed by atoms with E-state index in [1.807, 2.05) is 24.3 Å². The van der Waals surface area contributed by atoms with E-state index < -0.39 is 5.97 Å². The smallest absolute Gasteiger partial charge is 0.338 e. The first kappa shape index (κ1) is 17.8. The van der Waals surface area contributed by atoms with Gasteiger partial charge in [-0.15, -0.1) is 0 Å². The van der Waals surface area contributed by atoms with Crippen LogP contribution >= 0.6 is 23.2 Å². The third-order valence-corrected chi connectivity index (χ3v) is 5.35. The van der Waals surface area contributed by atoms with E-state index in [1.54, 1.807) is 6.07 Å². The lowest BCUT2D eigenvalue weighted by Crippen LogP contribution is -2.14. The lowest BCUT2D eigenvalue weighted by molar-refractivity contribution is 0.0475. The molecular weight excluding hydrogens is 383 g/mol. The molecule has 3 aromatic carbocycles. The lowest BCUT2D eigenvalue weighted by Gasteiger charge is -2.07. The molecule has 27 heavy (non-hydrogen) atoms. The van der Waals surface area contributed by atoms with Crippen molar-refractivity contribution in [2.24, 2.45) is 0 Å². The van der Waals surface area contributed by atoms with Crippen LogP contribution in [0.25, 0.3) is 11.1 Å². The number of Topliss-reactive ketones (excluding diaryl/α,β-unsaturated/α-hetero) is 1. The molecule has 0 heterocycles. The number of fused-ring (bicyclic) bond motifs is 3. The van der Waals surface area contributed by atoms with Gasteiger partial charge in [-0.2, -0.15) is 0 Å². The number of carbonyl (C=O) groups excluding carboxylic acids is 2. The van der Waals surface area contributed by atoms with Gasteiger partial charge in [0.25, 0.3) is 0 Å². The number of hydrogen-bond donors (Lipinski definition) is 0. The number of benzene rings is 3. The van der Waals surface area contributed by atoms with Gasteiger partial charge in [0.2, 0.25) is 0 Å². The monoisotopic (exact) mass is 396 g/mol. The van der Waals surface area contributed by atoms with Crippen molar-refractivity contribution < 1.29 is 14.3 Å².